The maximum absolute atomic E-state index is 12.3. The number of aromatic nitrogens is 2. The van der Waals surface area contributed by atoms with Gasteiger partial charge in [0, 0.05) is 38.1 Å². The summed E-state index contributed by atoms with van der Waals surface area (Å²) in [6, 6.07) is 2.15. The van der Waals surface area contributed by atoms with E-state index in [9.17, 15) is 4.79 Å². The van der Waals surface area contributed by atoms with Crippen molar-refractivity contribution < 1.29 is 9.53 Å². The number of rotatable bonds is 5. The van der Waals surface area contributed by atoms with Crippen molar-refractivity contribution in [3.63, 3.8) is 0 Å². The fourth-order valence-electron chi connectivity index (χ4n) is 2.67. The Bertz CT molecular complexity index is 453. The van der Waals surface area contributed by atoms with Gasteiger partial charge in [-0.3, -0.25) is 4.68 Å². The predicted octanol–water partition coefficient (Wildman–Crippen LogP) is 2.26. The molecule has 1 aliphatic rings. The highest BCUT2D eigenvalue weighted by molar-refractivity contribution is 5.68. The van der Waals surface area contributed by atoms with Gasteiger partial charge in [0.1, 0.15) is 5.60 Å². The Kier molecular flexibility index (Phi) is 5.83. The standard InChI is InChI=1S/C16H28N4O2/c1-16(2,3)22-15(21)20-11-5-4-7-14(20)13-17-9-12-19-10-6-8-18-19/h6,8,10,14,17H,4-5,7,9,11-13H2,1-3H3. The van der Waals surface area contributed by atoms with Crippen LogP contribution in [0, 0.1) is 0 Å². The third kappa shape index (κ3) is 5.33. The van der Waals surface area contributed by atoms with Crippen molar-refractivity contribution in [2.45, 2.75) is 58.2 Å². The first-order valence-corrected chi connectivity index (χ1v) is 8.13. The number of nitrogens with zero attached hydrogens (tertiary/aromatic N) is 3. The zero-order valence-corrected chi connectivity index (χ0v) is 13.9. The largest absolute Gasteiger partial charge is 0.444 e. The highest BCUT2D eigenvalue weighted by atomic mass is 16.6. The molecule has 1 amide bonds. The van der Waals surface area contributed by atoms with E-state index in [2.05, 4.69) is 10.4 Å². The maximum atomic E-state index is 12.3. The molecule has 1 unspecified atom stereocenters. The molecule has 0 aliphatic carbocycles. The highest BCUT2D eigenvalue weighted by Crippen LogP contribution is 2.19. The van der Waals surface area contributed by atoms with Crippen molar-refractivity contribution in [2.24, 2.45) is 0 Å². The molecule has 1 N–H and O–H groups in total. The van der Waals surface area contributed by atoms with Gasteiger partial charge in [-0.1, -0.05) is 0 Å². The number of nitrogens with one attached hydrogen (secondary N) is 1. The molecule has 2 rings (SSSR count). The molecule has 0 bridgehead atoms. The number of hydrogen-bond acceptors (Lipinski definition) is 4. The van der Waals surface area contributed by atoms with Crippen molar-refractivity contribution in [1.82, 2.24) is 20.0 Å². The molecular formula is C16H28N4O2. The van der Waals surface area contributed by atoms with E-state index in [0.29, 0.717) is 0 Å². The lowest BCUT2D eigenvalue weighted by molar-refractivity contribution is 0.00996. The van der Waals surface area contributed by atoms with Crippen LogP contribution in [0.4, 0.5) is 4.79 Å². The van der Waals surface area contributed by atoms with E-state index in [1.807, 2.05) is 42.6 Å². The monoisotopic (exact) mass is 308 g/mol. The minimum absolute atomic E-state index is 0.189. The van der Waals surface area contributed by atoms with Gasteiger partial charge in [-0.05, 0) is 46.1 Å². The normalized spacial score (nSPS) is 19.2. The zero-order valence-electron chi connectivity index (χ0n) is 13.9. The summed E-state index contributed by atoms with van der Waals surface area (Å²) >= 11 is 0. The number of likely N-dealkylation sites (tertiary alicyclic amines) is 1. The molecule has 1 saturated heterocycles. The second kappa shape index (κ2) is 7.63. The van der Waals surface area contributed by atoms with Crippen LogP contribution in [0.25, 0.3) is 0 Å². The van der Waals surface area contributed by atoms with Crippen LogP contribution < -0.4 is 5.32 Å². The van der Waals surface area contributed by atoms with Gasteiger partial charge >= 0.3 is 6.09 Å². The molecule has 1 aromatic heterocycles. The molecule has 1 aliphatic heterocycles. The molecule has 124 valence electrons. The van der Waals surface area contributed by atoms with E-state index in [1.165, 1.54) is 6.42 Å². The molecule has 2 heterocycles. The number of carbonyl (C=O) groups is 1. The Hall–Kier alpha value is -1.56. The number of amides is 1. The molecule has 6 heteroatoms. The number of piperidine rings is 1. The Balaban J connectivity index is 1.77. The van der Waals surface area contributed by atoms with Gasteiger partial charge in [-0.15, -0.1) is 0 Å². The van der Waals surface area contributed by atoms with E-state index in [4.69, 9.17) is 4.74 Å². The van der Waals surface area contributed by atoms with Crippen LogP contribution in [0.15, 0.2) is 18.5 Å². The lowest BCUT2D eigenvalue weighted by atomic mass is 10.0. The fourth-order valence-corrected chi connectivity index (χ4v) is 2.67. The molecule has 1 aromatic rings. The van der Waals surface area contributed by atoms with Crippen LogP contribution in [0.5, 0.6) is 0 Å². The second-order valence-corrected chi connectivity index (χ2v) is 6.80. The van der Waals surface area contributed by atoms with Gasteiger partial charge in [-0.2, -0.15) is 5.10 Å². The lowest BCUT2D eigenvalue weighted by Gasteiger charge is -2.36. The first-order valence-electron chi connectivity index (χ1n) is 8.13. The SMILES string of the molecule is CC(C)(C)OC(=O)N1CCCCC1CNCCn1cccn1. The first-order chi connectivity index (χ1) is 10.5. The Morgan fingerprint density at radius 2 is 2.23 bits per heavy atom. The van der Waals surface area contributed by atoms with Gasteiger partial charge in [0.25, 0.3) is 0 Å². The Morgan fingerprint density at radius 3 is 2.91 bits per heavy atom. The van der Waals surface area contributed by atoms with Crippen LogP contribution in [0.1, 0.15) is 40.0 Å². The van der Waals surface area contributed by atoms with Gasteiger partial charge in [0.2, 0.25) is 0 Å². The smallest absolute Gasteiger partial charge is 0.410 e. The maximum Gasteiger partial charge on any atom is 0.410 e. The van der Waals surface area contributed by atoms with Crippen LogP contribution in [0.2, 0.25) is 0 Å². The van der Waals surface area contributed by atoms with Gasteiger partial charge in [0.15, 0.2) is 0 Å². The number of carbonyl (C=O) groups excluding carboxylic acids is 1. The minimum atomic E-state index is -0.438. The fraction of sp³-hybridized carbons (Fsp3) is 0.750. The third-order valence-electron chi connectivity index (χ3n) is 3.71. The number of ether oxygens (including phenoxy) is 1. The van der Waals surface area contributed by atoms with E-state index in [-0.39, 0.29) is 12.1 Å². The summed E-state index contributed by atoms with van der Waals surface area (Å²) in [5.41, 5.74) is -0.438. The molecule has 1 atom stereocenters. The highest BCUT2D eigenvalue weighted by Gasteiger charge is 2.29. The average molecular weight is 308 g/mol. The van der Waals surface area contributed by atoms with Crippen molar-refractivity contribution >= 4 is 6.09 Å². The van der Waals surface area contributed by atoms with E-state index in [0.717, 1.165) is 39.0 Å². The van der Waals surface area contributed by atoms with E-state index < -0.39 is 5.60 Å². The van der Waals surface area contributed by atoms with Gasteiger partial charge in [-0.25, -0.2) is 4.79 Å². The van der Waals surface area contributed by atoms with Crippen LogP contribution in [-0.2, 0) is 11.3 Å². The summed E-state index contributed by atoms with van der Waals surface area (Å²) in [6.07, 6.45) is 6.81. The molecule has 0 radical (unpaired) electrons. The lowest BCUT2D eigenvalue weighted by Crippen LogP contribution is -2.50. The van der Waals surface area contributed by atoms with Crippen LogP contribution in [-0.4, -0.2) is 52.1 Å². The predicted molar refractivity (Wildman–Crippen MR) is 85.7 cm³/mol. The third-order valence-corrected chi connectivity index (χ3v) is 3.71. The summed E-state index contributed by atoms with van der Waals surface area (Å²) in [5, 5.41) is 7.61. The van der Waals surface area contributed by atoms with Crippen LogP contribution >= 0.6 is 0 Å². The minimum Gasteiger partial charge on any atom is -0.444 e. The first kappa shape index (κ1) is 16.8. The molecule has 0 spiro atoms. The molecule has 0 aromatic carbocycles. The average Bonchev–Trinajstić information content (AvgIpc) is 2.95. The van der Waals surface area contributed by atoms with Crippen molar-refractivity contribution in [2.75, 3.05) is 19.6 Å². The topological polar surface area (TPSA) is 59.4 Å². The molecule has 1 fully saturated rings. The number of hydrogen-bond donors (Lipinski definition) is 1. The Morgan fingerprint density at radius 1 is 1.41 bits per heavy atom. The summed E-state index contributed by atoms with van der Waals surface area (Å²) in [5.74, 6) is 0. The molecular weight excluding hydrogens is 280 g/mol. The molecule has 22 heavy (non-hydrogen) atoms. The summed E-state index contributed by atoms with van der Waals surface area (Å²) in [7, 11) is 0. The Labute approximate surface area is 132 Å². The summed E-state index contributed by atoms with van der Waals surface area (Å²) in [4.78, 5) is 14.2. The van der Waals surface area contributed by atoms with Crippen molar-refractivity contribution in [1.29, 1.82) is 0 Å². The van der Waals surface area contributed by atoms with Gasteiger partial charge < -0.3 is 15.0 Å². The van der Waals surface area contributed by atoms with E-state index in [1.54, 1.807) is 6.20 Å². The van der Waals surface area contributed by atoms with Crippen molar-refractivity contribution in [3.05, 3.63) is 18.5 Å². The zero-order chi connectivity index (χ0) is 16.0. The quantitative estimate of drug-likeness (QED) is 0.848. The van der Waals surface area contributed by atoms with Gasteiger partial charge in [0.05, 0.1) is 6.54 Å². The summed E-state index contributed by atoms with van der Waals surface area (Å²) < 4.78 is 7.42. The van der Waals surface area contributed by atoms with E-state index >= 15 is 0 Å². The van der Waals surface area contributed by atoms with Crippen LogP contribution in [0.3, 0.4) is 0 Å². The molecule has 6 nitrogen and oxygen atoms in total. The summed E-state index contributed by atoms with van der Waals surface area (Å²) in [6.45, 7) is 9.01. The molecule has 0 saturated carbocycles. The second-order valence-electron chi connectivity index (χ2n) is 6.80. The van der Waals surface area contributed by atoms with Crippen molar-refractivity contribution in [3.8, 4) is 0 Å².